The second-order valence-electron chi connectivity index (χ2n) is 6.12. The lowest BCUT2D eigenvalue weighted by Crippen LogP contribution is -2.35. The smallest absolute Gasteiger partial charge is 0.0723 e. The number of halogens is 1. The molecule has 1 aromatic heterocycles. The molecule has 3 nitrogen and oxygen atoms in total. The maximum Gasteiger partial charge on any atom is 0.0723 e. The van der Waals surface area contributed by atoms with E-state index in [1.807, 2.05) is 6.20 Å². The Hall–Kier alpha value is -1.13. The summed E-state index contributed by atoms with van der Waals surface area (Å²) in [6.07, 6.45) is 5.98. The number of hydrogen-bond donors (Lipinski definition) is 0. The monoisotopic (exact) mass is 345 g/mol. The topological polar surface area (TPSA) is 19.4 Å². The summed E-state index contributed by atoms with van der Waals surface area (Å²) in [6, 6.07) is 9.26. The fourth-order valence-corrected chi connectivity index (χ4v) is 4.11. The summed E-state index contributed by atoms with van der Waals surface area (Å²) >= 11 is 3.59. The highest BCUT2D eigenvalue weighted by atomic mass is 79.9. The molecule has 0 radical (unpaired) electrons. The summed E-state index contributed by atoms with van der Waals surface area (Å²) in [6.45, 7) is 4.90. The number of likely N-dealkylation sites (tertiary alicyclic amines) is 1. The number of hydrogen-bond acceptors (Lipinski definition) is 3. The van der Waals surface area contributed by atoms with Gasteiger partial charge in [0, 0.05) is 40.9 Å². The van der Waals surface area contributed by atoms with Crippen LogP contribution in [0.4, 0.5) is 5.69 Å². The number of anilines is 1. The number of benzene rings is 1. The maximum absolute atomic E-state index is 4.49. The molecular formula is C17H20BrN3. The van der Waals surface area contributed by atoms with E-state index >= 15 is 0 Å². The first-order valence-corrected chi connectivity index (χ1v) is 8.64. The second-order valence-corrected chi connectivity index (χ2v) is 7.04. The molecule has 110 valence electrons. The van der Waals surface area contributed by atoms with E-state index in [1.165, 1.54) is 43.4 Å². The molecule has 0 N–H and O–H groups in total. The molecule has 1 atom stereocenters. The van der Waals surface area contributed by atoms with Crippen LogP contribution in [-0.4, -0.2) is 42.1 Å². The van der Waals surface area contributed by atoms with Gasteiger partial charge < -0.3 is 4.90 Å². The number of rotatable bonds is 2. The van der Waals surface area contributed by atoms with Crippen molar-refractivity contribution >= 4 is 32.5 Å². The van der Waals surface area contributed by atoms with E-state index in [0.717, 1.165) is 29.1 Å². The minimum Gasteiger partial charge on any atom is -0.369 e. The van der Waals surface area contributed by atoms with Gasteiger partial charge in [0.05, 0.1) is 5.52 Å². The minimum atomic E-state index is 0.739. The lowest BCUT2D eigenvalue weighted by molar-refractivity contribution is 0.260. The van der Waals surface area contributed by atoms with Gasteiger partial charge in [0.1, 0.15) is 0 Å². The van der Waals surface area contributed by atoms with Crippen LogP contribution in [-0.2, 0) is 0 Å². The van der Waals surface area contributed by atoms with Gasteiger partial charge in [0.15, 0.2) is 0 Å². The van der Waals surface area contributed by atoms with Gasteiger partial charge in [-0.1, -0.05) is 15.9 Å². The zero-order chi connectivity index (χ0) is 14.2. The van der Waals surface area contributed by atoms with Crippen molar-refractivity contribution in [3.63, 3.8) is 0 Å². The quantitative estimate of drug-likeness (QED) is 0.827. The average Bonchev–Trinajstić information content (AvgIpc) is 3.17. The van der Waals surface area contributed by atoms with Crippen LogP contribution in [0.2, 0.25) is 0 Å². The Labute approximate surface area is 134 Å². The van der Waals surface area contributed by atoms with Crippen LogP contribution >= 0.6 is 15.9 Å². The van der Waals surface area contributed by atoms with Crippen molar-refractivity contribution in [3.05, 3.63) is 34.9 Å². The van der Waals surface area contributed by atoms with E-state index in [0.29, 0.717) is 0 Å². The van der Waals surface area contributed by atoms with Gasteiger partial charge in [0.2, 0.25) is 0 Å². The van der Waals surface area contributed by atoms with E-state index in [2.05, 4.69) is 55.0 Å². The van der Waals surface area contributed by atoms with E-state index in [9.17, 15) is 0 Å². The highest BCUT2D eigenvalue weighted by molar-refractivity contribution is 9.10. The van der Waals surface area contributed by atoms with Gasteiger partial charge in [-0.25, -0.2) is 0 Å². The first-order chi connectivity index (χ1) is 10.3. The summed E-state index contributed by atoms with van der Waals surface area (Å²) in [5.41, 5.74) is 2.42. The zero-order valence-electron chi connectivity index (χ0n) is 12.1. The molecule has 2 aliphatic rings. The zero-order valence-corrected chi connectivity index (χ0v) is 13.7. The summed E-state index contributed by atoms with van der Waals surface area (Å²) in [7, 11) is 0. The Balaban J connectivity index is 1.63. The van der Waals surface area contributed by atoms with Crippen LogP contribution in [0.15, 0.2) is 34.9 Å². The number of aromatic nitrogens is 1. The number of fused-ring (bicyclic) bond motifs is 1. The van der Waals surface area contributed by atoms with Gasteiger partial charge in [-0.05, 0) is 56.6 Å². The summed E-state index contributed by atoms with van der Waals surface area (Å²) in [5, 5.41) is 1.26. The van der Waals surface area contributed by atoms with Crippen LogP contribution in [0.1, 0.15) is 19.3 Å². The standard InChI is InChI=1S/C17H20BrN3/c18-13-3-4-16-15(11-13)17(5-7-19-16)21-10-6-14(12-21)20-8-1-2-9-20/h3-5,7,11,14H,1-2,6,8-10,12H2. The van der Waals surface area contributed by atoms with E-state index in [-0.39, 0.29) is 0 Å². The molecule has 0 bridgehead atoms. The van der Waals surface area contributed by atoms with Crippen LogP contribution in [0.25, 0.3) is 10.9 Å². The molecule has 0 aliphatic carbocycles. The highest BCUT2D eigenvalue weighted by Gasteiger charge is 2.29. The van der Waals surface area contributed by atoms with Crippen LogP contribution in [0.5, 0.6) is 0 Å². The van der Waals surface area contributed by atoms with Crippen molar-refractivity contribution in [1.82, 2.24) is 9.88 Å². The number of nitrogens with zero attached hydrogens (tertiary/aromatic N) is 3. The first-order valence-electron chi connectivity index (χ1n) is 7.84. The molecule has 0 saturated carbocycles. The largest absolute Gasteiger partial charge is 0.369 e. The predicted octanol–water partition coefficient (Wildman–Crippen LogP) is 3.67. The van der Waals surface area contributed by atoms with Crippen molar-refractivity contribution in [1.29, 1.82) is 0 Å². The van der Waals surface area contributed by atoms with Gasteiger partial charge >= 0.3 is 0 Å². The van der Waals surface area contributed by atoms with E-state index in [4.69, 9.17) is 0 Å². The highest BCUT2D eigenvalue weighted by Crippen LogP contribution is 2.31. The Morgan fingerprint density at radius 3 is 2.81 bits per heavy atom. The second kappa shape index (κ2) is 5.58. The van der Waals surface area contributed by atoms with Gasteiger partial charge in [0.25, 0.3) is 0 Å². The van der Waals surface area contributed by atoms with Crippen molar-refractivity contribution in [2.45, 2.75) is 25.3 Å². The fraction of sp³-hybridized carbons (Fsp3) is 0.471. The fourth-order valence-electron chi connectivity index (χ4n) is 3.75. The van der Waals surface area contributed by atoms with Crippen LogP contribution < -0.4 is 4.90 Å². The molecule has 2 fully saturated rings. The molecule has 2 aromatic rings. The lowest BCUT2D eigenvalue weighted by Gasteiger charge is -2.25. The molecule has 1 unspecified atom stereocenters. The molecule has 2 saturated heterocycles. The van der Waals surface area contributed by atoms with Crippen molar-refractivity contribution in [3.8, 4) is 0 Å². The summed E-state index contributed by atoms with van der Waals surface area (Å²) < 4.78 is 1.12. The molecule has 3 heterocycles. The SMILES string of the molecule is Brc1ccc2nccc(N3CCC(N4CCCC4)C3)c2c1. The third kappa shape index (κ3) is 2.55. The first kappa shape index (κ1) is 13.5. The van der Waals surface area contributed by atoms with E-state index < -0.39 is 0 Å². The summed E-state index contributed by atoms with van der Waals surface area (Å²) in [4.78, 5) is 9.71. The minimum absolute atomic E-state index is 0.739. The normalized spacial score (nSPS) is 23.3. The van der Waals surface area contributed by atoms with Crippen LogP contribution in [0.3, 0.4) is 0 Å². The third-order valence-corrected chi connectivity index (χ3v) is 5.33. The van der Waals surface area contributed by atoms with Gasteiger partial charge in [-0.15, -0.1) is 0 Å². The lowest BCUT2D eigenvalue weighted by atomic mass is 10.2. The molecule has 1 aromatic carbocycles. The van der Waals surface area contributed by atoms with Crippen LogP contribution in [0, 0.1) is 0 Å². The maximum atomic E-state index is 4.49. The molecule has 2 aliphatic heterocycles. The average molecular weight is 346 g/mol. The van der Waals surface area contributed by atoms with Gasteiger partial charge in [-0.3, -0.25) is 9.88 Å². The molecule has 4 heteroatoms. The molecule has 0 amide bonds. The predicted molar refractivity (Wildman–Crippen MR) is 90.9 cm³/mol. The van der Waals surface area contributed by atoms with Crippen molar-refractivity contribution < 1.29 is 0 Å². The Kier molecular flexibility index (Phi) is 3.59. The van der Waals surface area contributed by atoms with Gasteiger partial charge in [-0.2, -0.15) is 0 Å². The summed E-state index contributed by atoms with van der Waals surface area (Å²) in [5.74, 6) is 0. The Bertz CT molecular complexity index is 652. The third-order valence-electron chi connectivity index (χ3n) is 4.84. The Morgan fingerprint density at radius 2 is 1.95 bits per heavy atom. The molecule has 4 rings (SSSR count). The van der Waals surface area contributed by atoms with E-state index in [1.54, 1.807) is 0 Å². The van der Waals surface area contributed by atoms with Crippen molar-refractivity contribution in [2.75, 3.05) is 31.1 Å². The molecule has 0 spiro atoms. The molecule has 21 heavy (non-hydrogen) atoms. The number of pyridine rings is 1. The Morgan fingerprint density at radius 1 is 1.10 bits per heavy atom. The molecular weight excluding hydrogens is 326 g/mol. The van der Waals surface area contributed by atoms with Crippen molar-refractivity contribution in [2.24, 2.45) is 0 Å².